The van der Waals surface area contributed by atoms with Crippen molar-refractivity contribution in [1.29, 1.82) is 0 Å². The Kier molecular flexibility index (Phi) is 4.72. The van der Waals surface area contributed by atoms with Crippen LogP contribution in [0.25, 0.3) is 0 Å². The van der Waals surface area contributed by atoms with Gasteiger partial charge in [-0.3, -0.25) is 0 Å². The molecule has 2 aliphatic heterocycles. The molecule has 0 aliphatic carbocycles. The van der Waals surface area contributed by atoms with Crippen molar-refractivity contribution < 1.29 is 22.7 Å². The van der Waals surface area contributed by atoms with E-state index in [0.29, 0.717) is 31.7 Å². The zero-order chi connectivity index (χ0) is 16.3. The maximum absolute atomic E-state index is 11.9. The molecule has 7 nitrogen and oxygen atoms in total. The first-order valence-corrected chi connectivity index (χ1v) is 9.45. The number of benzene rings is 1. The highest BCUT2D eigenvalue weighted by atomic mass is 32.2. The van der Waals surface area contributed by atoms with Gasteiger partial charge in [-0.05, 0) is 37.1 Å². The molecular formula is C15H20N2O5S. The van der Waals surface area contributed by atoms with Crippen molar-refractivity contribution in [3.05, 3.63) is 24.3 Å². The molecule has 126 valence electrons. The van der Waals surface area contributed by atoms with E-state index in [9.17, 15) is 13.2 Å². The number of ether oxygens (including phenoxy) is 2. The molecule has 2 saturated heterocycles. The molecule has 1 unspecified atom stereocenters. The molecule has 2 fully saturated rings. The Morgan fingerprint density at radius 3 is 2.57 bits per heavy atom. The molecular weight excluding hydrogens is 320 g/mol. The number of urea groups is 1. The summed E-state index contributed by atoms with van der Waals surface area (Å²) in [7, 11) is -3.03. The van der Waals surface area contributed by atoms with E-state index in [0.717, 1.165) is 5.75 Å². The Morgan fingerprint density at radius 1 is 1.22 bits per heavy atom. The number of rotatable bonds is 4. The second-order valence-electron chi connectivity index (χ2n) is 5.85. The molecule has 1 aromatic carbocycles. The van der Waals surface area contributed by atoms with Crippen LogP contribution in [0.2, 0.25) is 0 Å². The summed E-state index contributed by atoms with van der Waals surface area (Å²) in [4.78, 5) is 11.9. The lowest BCUT2D eigenvalue weighted by Gasteiger charge is -2.26. The van der Waals surface area contributed by atoms with Crippen molar-refractivity contribution in [2.45, 2.75) is 25.0 Å². The molecule has 3 rings (SSSR count). The fourth-order valence-corrected chi connectivity index (χ4v) is 4.22. The molecule has 1 atom stereocenters. The smallest absolute Gasteiger partial charge is 0.319 e. The number of hydrogen-bond donors (Lipinski definition) is 2. The van der Waals surface area contributed by atoms with Gasteiger partial charge in [-0.25, -0.2) is 13.2 Å². The molecule has 2 amide bonds. The van der Waals surface area contributed by atoms with Gasteiger partial charge in [0.25, 0.3) is 0 Å². The van der Waals surface area contributed by atoms with Crippen molar-refractivity contribution in [3.63, 3.8) is 0 Å². The molecule has 2 N–H and O–H groups in total. The van der Waals surface area contributed by atoms with Gasteiger partial charge in [0.05, 0.1) is 24.7 Å². The minimum absolute atomic E-state index is 0.0106. The van der Waals surface area contributed by atoms with Gasteiger partial charge in [-0.15, -0.1) is 0 Å². The quantitative estimate of drug-likeness (QED) is 0.858. The van der Waals surface area contributed by atoms with Crippen LogP contribution in [0.1, 0.15) is 12.8 Å². The lowest BCUT2D eigenvalue weighted by molar-refractivity contribution is -0.0796. The Labute approximate surface area is 135 Å². The number of carbonyl (C=O) groups excluding carboxylic acids is 1. The number of nitrogens with one attached hydrogen (secondary N) is 2. The molecule has 0 saturated carbocycles. The van der Waals surface area contributed by atoms with Crippen LogP contribution in [0.15, 0.2) is 24.3 Å². The van der Waals surface area contributed by atoms with E-state index in [-0.39, 0.29) is 23.7 Å². The first-order valence-electron chi connectivity index (χ1n) is 7.63. The molecule has 23 heavy (non-hydrogen) atoms. The van der Waals surface area contributed by atoms with Gasteiger partial charge in [-0.1, -0.05) is 0 Å². The normalized spacial score (nSPS) is 23.6. The van der Waals surface area contributed by atoms with E-state index >= 15 is 0 Å². The van der Waals surface area contributed by atoms with Crippen LogP contribution in [-0.2, 0) is 14.6 Å². The van der Waals surface area contributed by atoms with Gasteiger partial charge in [0.1, 0.15) is 11.9 Å². The number of carbonyl (C=O) groups is 1. The van der Waals surface area contributed by atoms with Crippen molar-refractivity contribution in [2.75, 3.05) is 30.0 Å². The van der Waals surface area contributed by atoms with E-state index in [1.165, 1.54) is 0 Å². The van der Waals surface area contributed by atoms with E-state index in [1.807, 2.05) is 0 Å². The van der Waals surface area contributed by atoms with E-state index in [4.69, 9.17) is 9.47 Å². The predicted octanol–water partition coefficient (Wildman–Crippen LogP) is 1.16. The zero-order valence-corrected chi connectivity index (χ0v) is 13.5. The Hall–Kier alpha value is -1.80. The summed E-state index contributed by atoms with van der Waals surface area (Å²) in [5.41, 5.74) is 0.623. The van der Waals surface area contributed by atoms with Crippen LogP contribution in [0, 0.1) is 0 Å². The van der Waals surface area contributed by atoms with Gasteiger partial charge in [0, 0.05) is 11.7 Å². The second kappa shape index (κ2) is 6.76. The summed E-state index contributed by atoms with van der Waals surface area (Å²) in [6.45, 7) is 1.21. The average Bonchev–Trinajstić information content (AvgIpc) is 2.43. The molecule has 0 bridgehead atoms. The molecule has 8 heteroatoms. The highest BCUT2D eigenvalue weighted by molar-refractivity contribution is 7.91. The third kappa shape index (κ3) is 4.59. The van der Waals surface area contributed by atoms with E-state index in [1.54, 1.807) is 24.3 Å². The van der Waals surface area contributed by atoms with Crippen LogP contribution >= 0.6 is 0 Å². The maximum Gasteiger partial charge on any atom is 0.319 e. The number of sulfone groups is 1. The summed E-state index contributed by atoms with van der Waals surface area (Å²) in [6, 6.07) is 6.32. The fraction of sp³-hybridized carbons (Fsp3) is 0.533. The lowest BCUT2D eigenvalue weighted by Crippen LogP contribution is -2.44. The number of hydrogen-bond acceptors (Lipinski definition) is 5. The summed E-state index contributed by atoms with van der Waals surface area (Å²) < 4.78 is 33.8. The molecule has 0 radical (unpaired) electrons. The first-order chi connectivity index (χ1) is 11.0. The van der Waals surface area contributed by atoms with Crippen molar-refractivity contribution in [2.24, 2.45) is 0 Å². The number of amides is 2. The largest absolute Gasteiger partial charge is 0.486 e. The average molecular weight is 340 g/mol. The van der Waals surface area contributed by atoms with Gasteiger partial charge in [-0.2, -0.15) is 0 Å². The van der Waals surface area contributed by atoms with Crippen molar-refractivity contribution in [1.82, 2.24) is 5.32 Å². The maximum atomic E-state index is 11.9. The van der Waals surface area contributed by atoms with Crippen LogP contribution in [0.5, 0.6) is 5.75 Å². The molecule has 0 aromatic heterocycles. The molecule has 1 aromatic rings. The SMILES string of the molecule is O=C(Nc1ccc(OC2COC2)cc1)NC1CCCS(=O)(=O)C1. The van der Waals surface area contributed by atoms with E-state index < -0.39 is 15.9 Å². The number of anilines is 1. The minimum atomic E-state index is -3.03. The zero-order valence-electron chi connectivity index (χ0n) is 12.7. The molecule has 0 spiro atoms. The summed E-state index contributed by atoms with van der Waals surface area (Å²) in [5, 5.41) is 5.41. The molecule has 2 aliphatic rings. The first kappa shape index (κ1) is 16.1. The Bertz CT molecular complexity index is 655. The second-order valence-corrected chi connectivity index (χ2v) is 8.08. The van der Waals surface area contributed by atoms with Crippen LogP contribution in [0.4, 0.5) is 10.5 Å². The predicted molar refractivity (Wildman–Crippen MR) is 85.5 cm³/mol. The van der Waals surface area contributed by atoms with Crippen LogP contribution in [-0.4, -0.2) is 51.3 Å². The lowest BCUT2D eigenvalue weighted by atomic mass is 10.2. The van der Waals surface area contributed by atoms with Crippen molar-refractivity contribution >= 4 is 21.6 Å². The summed E-state index contributed by atoms with van der Waals surface area (Å²) in [5.74, 6) is 0.944. The van der Waals surface area contributed by atoms with Crippen LogP contribution in [0.3, 0.4) is 0 Å². The third-order valence-electron chi connectivity index (χ3n) is 3.82. The Balaban J connectivity index is 1.49. The molecule has 2 heterocycles. The van der Waals surface area contributed by atoms with Gasteiger partial charge >= 0.3 is 6.03 Å². The highest BCUT2D eigenvalue weighted by Crippen LogP contribution is 2.19. The third-order valence-corrected chi connectivity index (χ3v) is 5.64. The highest BCUT2D eigenvalue weighted by Gasteiger charge is 2.25. The minimum Gasteiger partial charge on any atom is -0.486 e. The fourth-order valence-electron chi connectivity index (χ4n) is 2.58. The van der Waals surface area contributed by atoms with Crippen molar-refractivity contribution in [3.8, 4) is 5.75 Å². The van der Waals surface area contributed by atoms with Gasteiger partial charge in [0.2, 0.25) is 0 Å². The summed E-state index contributed by atoms with van der Waals surface area (Å²) in [6.07, 6.45) is 1.37. The topological polar surface area (TPSA) is 93.7 Å². The Morgan fingerprint density at radius 2 is 1.96 bits per heavy atom. The van der Waals surface area contributed by atoms with Gasteiger partial charge in [0.15, 0.2) is 9.84 Å². The standard InChI is InChI=1S/C15H20N2O5S/c18-15(17-12-2-1-7-23(19,20)10-12)16-11-3-5-13(6-4-11)22-14-8-21-9-14/h3-6,12,14H,1-2,7-10H2,(H2,16,17,18). The van der Waals surface area contributed by atoms with E-state index in [2.05, 4.69) is 10.6 Å². The van der Waals surface area contributed by atoms with Gasteiger partial charge < -0.3 is 20.1 Å². The summed E-state index contributed by atoms with van der Waals surface area (Å²) >= 11 is 0. The van der Waals surface area contributed by atoms with Crippen LogP contribution < -0.4 is 15.4 Å². The monoisotopic (exact) mass is 340 g/mol.